The molecule has 0 radical (unpaired) electrons. The molecule has 7 heteroatoms. The predicted octanol–water partition coefficient (Wildman–Crippen LogP) is 5.62. The summed E-state index contributed by atoms with van der Waals surface area (Å²) in [7, 11) is 0. The summed E-state index contributed by atoms with van der Waals surface area (Å²) in [5, 5.41) is 9.23. The molecule has 0 saturated heterocycles. The van der Waals surface area contributed by atoms with Crippen molar-refractivity contribution in [2.24, 2.45) is 0 Å². The van der Waals surface area contributed by atoms with Crippen LogP contribution in [0, 0.1) is 11.3 Å². The molecule has 3 aromatic carbocycles. The van der Waals surface area contributed by atoms with E-state index in [1.807, 2.05) is 80.6 Å². The Balaban J connectivity index is 1.78. The highest BCUT2D eigenvalue weighted by Crippen LogP contribution is 2.38. The molecule has 0 fully saturated rings. The molecule has 0 spiro atoms. The van der Waals surface area contributed by atoms with Crippen LogP contribution in [-0.2, 0) is 27.2 Å². The summed E-state index contributed by atoms with van der Waals surface area (Å²) in [4.78, 5) is 44.4. The summed E-state index contributed by atoms with van der Waals surface area (Å²) in [6, 6.07) is 22.9. The summed E-state index contributed by atoms with van der Waals surface area (Å²) in [5.74, 6) is -0.934. The molecule has 0 aliphatic carbocycles. The zero-order valence-corrected chi connectivity index (χ0v) is 23.5. The van der Waals surface area contributed by atoms with Crippen LogP contribution in [0.5, 0.6) is 0 Å². The van der Waals surface area contributed by atoms with E-state index in [9.17, 15) is 19.6 Å². The van der Waals surface area contributed by atoms with Gasteiger partial charge in [-0.1, -0.05) is 48.5 Å². The maximum Gasteiger partial charge on any atom is 0.307 e. The van der Waals surface area contributed by atoms with Crippen LogP contribution in [0.25, 0.3) is 0 Å². The molecule has 1 aliphatic rings. The summed E-state index contributed by atoms with van der Waals surface area (Å²) < 4.78 is 5.18. The van der Waals surface area contributed by atoms with E-state index in [0.717, 1.165) is 11.1 Å². The lowest BCUT2D eigenvalue weighted by Gasteiger charge is -2.36. The highest BCUT2D eigenvalue weighted by atomic mass is 16.5. The highest BCUT2D eigenvalue weighted by molar-refractivity contribution is 6.11. The first kappa shape index (κ1) is 28.6. The topological polar surface area (TPSA) is 90.7 Å². The molecule has 1 heterocycles. The van der Waals surface area contributed by atoms with Gasteiger partial charge in [0.1, 0.15) is 6.04 Å². The number of carbonyl (C=O) groups excluding carboxylic acids is 3. The summed E-state index contributed by atoms with van der Waals surface area (Å²) >= 11 is 0. The number of hydrogen-bond acceptors (Lipinski definition) is 5. The second-order valence-electron chi connectivity index (χ2n) is 10.3. The highest BCUT2D eigenvalue weighted by Gasteiger charge is 2.43. The number of hydrogen-bond donors (Lipinski definition) is 0. The van der Waals surface area contributed by atoms with Crippen LogP contribution < -0.4 is 4.90 Å². The van der Waals surface area contributed by atoms with Crippen LogP contribution >= 0.6 is 0 Å². The largest absolute Gasteiger partial charge is 0.466 e. The number of anilines is 1. The standard InChI is InChI=1S/C33H35N3O4/c1-5-40-30(37)18-23(4)36-31(27-12-7-6-8-13-27)33(39)35(22(2)3)29-17-16-25(20-28(29)32(36)38)15-14-24-10-9-11-26(19-24)21-34/h6-13,16-17,19-20,22-23,31H,5,14-15,18H2,1-4H3. The molecule has 2 atom stereocenters. The third kappa shape index (κ3) is 6.07. The van der Waals surface area contributed by atoms with Gasteiger partial charge >= 0.3 is 5.97 Å². The maximum absolute atomic E-state index is 14.4. The number of nitriles is 1. The van der Waals surface area contributed by atoms with E-state index in [2.05, 4.69) is 6.07 Å². The van der Waals surface area contributed by atoms with Gasteiger partial charge in [0.05, 0.1) is 35.9 Å². The number of ether oxygens (including phenoxy) is 1. The van der Waals surface area contributed by atoms with E-state index >= 15 is 0 Å². The smallest absolute Gasteiger partial charge is 0.307 e. The van der Waals surface area contributed by atoms with Crippen molar-refractivity contribution in [3.63, 3.8) is 0 Å². The van der Waals surface area contributed by atoms with Crippen LogP contribution in [0.1, 0.15) is 72.8 Å². The fourth-order valence-corrected chi connectivity index (χ4v) is 5.32. The zero-order chi connectivity index (χ0) is 28.8. The Labute approximate surface area is 236 Å². The van der Waals surface area contributed by atoms with Crippen molar-refractivity contribution >= 4 is 23.5 Å². The Kier molecular flexibility index (Phi) is 9.00. The molecule has 206 valence electrons. The van der Waals surface area contributed by atoms with Gasteiger partial charge in [-0.2, -0.15) is 5.26 Å². The first-order valence-corrected chi connectivity index (χ1v) is 13.7. The molecule has 40 heavy (non-hydrogen) atoms. The van der Waals surface area contributed by atoms with Crippen LogP contribution in [-0.4, -0.2) is 41.4 Å². The van der Waals surface area contributed by atoms with E-state index in [4.69, 9.17) is 4.74 Å². The average molecular weight is 538 g/mol. The molecule has 0 aromatic heterocycles. The molecule has 0 N–H and O–H groups in total. The van der Waals surface area contributed by atoms with Gasteiger partial charge in [0.2, 0.25) is 0 Å². The molecule has 7 nitrogen and oxygen atoms in total. The van der Waals surface area contributed by atoms with Crippen LogP contribution in [0.3, 0.4) is 0 Å². The Morgan fingerprint density at radius 1 is 0.950 bits per heavy atom. The van der Waals surface area contributed by atoms with Crippen LogP contribution in [0.2, 0.25) is 0 Å². The Morgan fingerprint density at radius 2 is 1.65 bits per heavy atom. The fraction of sp³-hybridized carbons (Fsp3) is 0.333. The number of carbonyl (C=O) groups is 3. The number of aryl methyl sites for hydroxylation is 2. The van der Waals surface area contributed by atoms with Gasteiger partial charge in [-0.05, 0) is 81.5 Å². The van der Waals surface area contributed by atoms with Crippen LogP contribution in [0.4, 0.5) is 5.69 Å². The molecule has 3 aromatic rings. The van der Waals surface area contributed by atoms with Crippen molar-refractivity contribution in [1.82, 2.24) is 4.90 Å². The van der Waals surface area contributed by atoms with Gasteiger partial charge in [-0.15, -0.1) is 0 Å². The monoisotopic (exact) mass is 537 g/mol. The number of fused-ring (bicyclic) bond motifs is 1. The fourth-order valence-electron chi connectivity index (χ4n) is 5.32. The van der Waals surface area contributed by atoms with Gasteiger partial charge in [0.25, 0.3) is 11.8 Å². The molecule has 0 saturated carbocycles. The summed E-state index contributed by atoms with van der Waals surface area (Å²) in [5.41, 5.74) is 4.27. The maximum atomic E-state index is 14.4. The lowest BCUT2D eigenvalue weighted by atomic mass is 9.99. The first-order valence-electron chi connectivity index (χ1n) is 13.7. The molecular formula is C33H35N3O4. The number of benzene rings is 3. The average Bonchev–Trinajstić information content (AvgIpc) is 3.04. The van der Waals surface area contributed by atoms with Gasteiger partial charge in [0, 0.05) is 12.1 Å². The normalized spacial score (nSPS) is 15.8. The Hall–Kier alpha value is -4.44. The van der Waals surface area contributed by atoms with E-state index in [1.54, 1.807) is 29.7 Å². The first-order chi connectivity index (χ1) is 19.2. The number of amides is 2. The van der Waals surface area contributed by atoms with Gasteiger partial charge in [-0.3, -0.25) is 14.4 Å². The molecular weight excluding hydrogens is 502 g/mol. The van der Waals surface area contributed by atoms with Gasteiger partial charge in [-0.25, -0.2) is 0 Å². The molecule has 1 aliphatic heterocycles. The minimum atomic E-state index is -0.898. The van der Waals surface area contributed by atoms with Crippen molar-refractivity contribution in [1.29, 1.82) is 5.26 Å². The van der Waals surface area contributed by atoms with Crippen molar-refractivity contribution in [2.75, 3.05) is 11.5 Å². The number of esters is 1. The van der Waals surface area contributed by atoms with Crippen molar-refractivity contribution in [3.8, 4) is 6.07 Å². The lowest BCUT2D eigenvalue weighted by Crippen LogP contribution is -2.48. The number of rotatable bonds is 9. The Bertz CT molecular complexity index is 1430. The Morgan fingerprint density at radius 3 is 2.30 bits per heavy atom. The van der Waals surface area contributed by atoms with Crippen LogP contribution in [0.15, 0.2) is 72.8 Å². The lowest BCUT2D eigenvalue weighted by molar-refractivity contribution is -0.144. The number of nitrogens with zero attached hydrogens (tertiary/aromatic N) is 3. The van der Waals surface area contributed by atoms with E-state index in [-0.39, 0.29) is 30.9 Å². The molecule has 0 bridgehead atoms. The second-order valence-corrected chi connectivity index (χ2v) is 10.3. The quantitative estimate of drug-likeness (QED) is 0.330. The summed E-state index contributed by atoms with van der Waals surface area (Å²) in [6.45, 7) is 7.63. The van der Waals surface area contributed by atoms with Gasteiger partial charge in [0.15, 0.2) is 0 Å². The van der Waals surface area contributed by atoms with Crippen molar-refractivity contribution in [3.05, 3.63) is 101 Å². The second kappa shape index (κ2) is 12.6. The van der Waals surface area contributed by atoms with E-state index in [0.29, 0.717) is 35.2 Å². The molecule has 2 amide bonds. The van der Waals surface area contributed by atoms with Crippen molar-refractivity contribution in [2.45, 2.75) is 65.1 Å². The van der Waals surface area contributed by atoms with Gasteiger partial charge < -0.3 is 14.5 Å². The SMILES string of the molecule is CCOC(=O)CC(C)N1C(=O)c2cc(CCc3cccc(C#N)c3)ccc2N(C(C)C)C(=O)C1c1ccccc1. The van der Waals surface area contributed by atoms with E-state index in [1.165, 1.54) is 0 Å². The third-order valence-electron chi connectivity index (χ3n) is 7.17. The minimum Gasteiger partial charge on any atom is -0.466 e. The minimum absolute atomic E-state index is 0.0257. The molecule has 4 rings (SSSR count). The van der Waals surface area contributed by atoms with E-state index < -0.39 is 18.1 Å². The molecule has 2 unspecified atom stereocenters. The zero-order valence-electron chi connectivity index (χ0n) is 23.5. The predicted molar refractivity (Wildman–Crippen MR) is 154 cm³/mol. The van der Waals surface area contributed by atoms with Crippen molar-refractivity contribution < 1.29 is 19.1 Å². The third-order valence-corrected chi connectivity index (χ3v) is 7.17. The summed E-state index contributed by atoms with van der Waals surface area (Å²) in [6.07, 6.45) is 1.33.